The van der Waals surface area contributed by atoms with Crippen molar-refractivity contribution < 1.29 is 24.2 Å². The lowest BCUT2D eigenvalue weighted by molar-refractivity contribution is -0.150. The van der Waals surface area contributed by atoms with E-state index in [9.17, 15) is 14.7 Å². The molecule has 0 saturated heterocycles. The molecule has 0 amide bonds. The average Bonchev–Trinajstić information content (AvgIpc) is 2.62. The van der Waals surface area contributed by atoms with Crippen LogP contribution in [0.15, 0.2) is 24.3 Å². The lowest BCUT2D eigenvalue weighted by Crippen LogP contribution is -2.26. The molecule has 0 bridgehead atoms. The van der Waals surface area contributed by atoms with E-state index in [0.717, 1.165) is 0 Å². The van der Waals surface area contributed by atoms with E-state index in [0.29, 0.717) is 11.1 Å². The predicted octanol–water partition coefficient (Wildman–Crippen LogP) is 2.13. The zero-order valence-electron chi connectivity index (χ0n) is 14.1. The first-order valence-electron chi connectivity index (χ1n) is 7.89. The summed E-state index contributed by atoms with van der Waals surface area (Å²) in [6.07, 6.45) is -1.22. The van der Waals surface area contributed by atoms with Gasteiger partial charge in [-0.05, 0) is 38.0 Å². The lowest BCUT2D eigenvalue weighted by atomic mass is 9.87. The maximum absolute atomic E-state index is 12.0. The number of nitriles is 2. The Balaban J connectivity index is 2.91. The maximum atomic E-state index is 12.0. The van der Waals surface area contributed by atoms with Crippen molar-refractivity contribution in [3.8, 4) is 12.1 Å². The molecular formula is C18H20N2O5. The number of nitrogens with zero attached hydrogens (tertiary/aromatic N) is 2. The molecule has 0 radical (unpaired) electrons. The second-order valence-corrected chi connectivity index (χ2v) is 5.19. The van der Waals surface area contributed by atoms with Crippen molar-refractivity contribution in [2.45, 2.75) is 26.4 Å². The summed E-state index contributed by atoms with van der Waals surface area (Å²) in [6, 6.07) is 9.58. The maximum Gasteiger partial charge on any atom is 0.338 e. The van der Waals surface area contributed by atoms with E-state index in [1.807, 2.05) is 0 Å². The summed E-state index contributed by atoms with van der Waals surface area (Å²) in [5.74, 6) is -3.44. The molecule has 0 aliphatic carbocycles. The quantitative estimate of drug-likeness (QED) is 0.717. The van der Waals surface area contributed by atoms with E-state index >= 15 is 0 Å². The molecule has 0 spiro atoms. The molecule has 1 aromatic rings. The van der Waals surface area contributed by atoms with Crippen LogP contribution < -0.4 is 0 Å². The second kappa shape index (κ2) is 10.1. The highest BCUT2D eigenvalue weighted by atomic mass is 16.5. The molecule has 0 aliphatic heterocycles. The normalized spacial score (nSPS) is 12.6. The highest BCUT2D eigenvalue weighted by Gasteiger charge is 2.32. The molecule has 2 unspecified atom stereocenters. The Morgan fingerprint density at radius 2 is 1.64 bits per heavy atom. The number of benzene rings is 1. The number of carbonyl (C=O) groups is 2. The number of rotatable bonds is 8. The minimum Gasteiger partial charge on any atom is -0.466 e. The van der Waals surface area contributed by atoms with Crippen molar-refractivity contribution in [1.82, 2.24) is 0 Å². The minimum atomic E-state index is -1.22. The van der Waals surface area contributed by atoms with Crippen molar-refractivity contribution in [2.75, 3.05) is 13.2 Å². The van der Waals surface area contributed by atoms with Crippen LogP contribution in [0.25, 0.3) is 0 Å². The van der Waals surface area contributed by atoms with Gasteiger partial charge in [-0.25, -0.2) is 4.79 Å². The van der Waals surface area contributed by atoms with Crippen molar-refractivity contribution in [3.63, 3.8) is 0 Å². The van der Waals surface area contributed by atoms with Gasteiger partial charge < -0.3 is 14.6 Å². The molecule has 7 nitrogen and oxygen atoms in total. The van der Waals surface area contributed by atoms with E-state index in [-0.39, 0.29) is 19.6 Å². The number of ether oxygens (including phenoxy) is 2. The smallest absolute Gasteiger partial charge is 0.338 e. The third-order valence-corrected chi connectivity index (χ3v) is 3.55. The Morgan fingerprint density at radius 3 is 2.12 bits per heavy atom. The largest absolute Gasteiger partial charge is 0.466 e. The van der Waals surface area contributed by atoms with Crippen molar-refractivity contribution in [1.29, 1.82) is 10.5 Å². The molecule has 1 N–H and O–H groups in total. The summed E-state index contributed by atoms with van der Waals surface area (Å²) in [4.78, 5) is 23.6. The number of aliphatic hydroxyl groups is 1. The fourth-order valence-corrected chi connectivity index (χ4v) is 2.26. The first kappa shape index (κ1) is 20.1. The Kier molecular flexibility index (Phi) is 8.11. The minimum absolute atomic E-state index is 0.114. The summed E-state index contributed by atoms with van der Waals surface area (Å²) in [5, 5.41) is 28.4. The Morgan fingerprint density at radius 1 is 1.08 bits per heavy atom. The van der Waals surface area contributed by atoms with Gasteiger partial charge in [-0.1, -0.05) is 12.1 Å². The van der Waals surface area contributed by atoms with E-state index in [1.165, 1.54) is 24.3 Å². The Labute approximate surface area is 146 Å². The Bertz CT molecular complexity index is 658. The molecular weight excluding hydrogens is 324 g/mol. The van der Waals surface area contributed by atoms with Gasteiger partial charge in [-0.15, -0.1) is 0 Å². The molecule has 0 fully saturated rings. The Hall–Kier alpha value is -2.90. The van der Waals surface area contributed by atoms with Gasteiger partial charge in [0.1, 0.15) is 5.92 Å². The summed E-state index contributed by atoms with van der Waals surface area (Å²) in [7, 11) is 0. The van der Waals surface area contributed by atoms with Gasteiger partial charge in [0.2, 0.25) is 0 Å². The van der Waals surface area contributed by atoms with E-state index in [4.69, 9.17) is 20.0 Å². The fraction of sp³-hybridized carbons (Fsp3) is 0.444. The molecule has 0 saturated carbocycles. The van der Waals surface area contributed by atoms with Crippen LogP contribution in [0, 0.1) is 34.5 Å². The fourth-order valence-electron chi connectivity index (χ4n) is 2.26. The van der Waals surface area contributed by atoms with Crippen LogP contribution in [0.2, 0.25) is 0 Å². The standard InChI is InChI=1S/C18H20N2O5/c1-3-24-17(22)13-7-5-12(6-8-13)16(21)9-15(14(10-19)11-20)18(23)25-4-2/h5-8,14-16,21H,3-4,9H2,1-2H3. The van der Waals surface area contributed by atoms with Crippen LogP contribution in [0.3, 0.4) is 0 Å². The van der Waals surface area contributed by atoms with Crippen molar-refractivity contribution in [3.05, 3.63) is 35.4 Å². The first-order valence-corrected chi connectivity index (χ1v) is 7.89. The average molecular weight is 344 g/mol. The van der Waals surface area contributed by atoms with Crippen LogP contribution in [0.1, 0.15) is 42.3 Å². The third kappa shape index (κ3) is 5.59. The van der Waals surface area contributed by atoms with Crippen LogP contribution >= 0.6 is 0 Å². The number of esters is 2. The highest BCUT2D eigenvalue weighted by Crippen LogP contribution is 2.27. The molecule has 132 valence electrons. The molecule has 1 aromatic carbocycles. The van der Waals surface area contributed by atoms with Gasteiger partial charge in [-0.3, -0.25) is 4.79 Å². The van der Waals surface area contributed by atoms with Gasteiger partial charge in [0.25, 0.3) is 0 Å². The predicted molar refractivity (Wildman–Crippen MR) is 86.8 cm³/mol. The summed E-state index contributed by atoms with van der Waals surface area (Å²) < 4.78 is 9.77. The summed E-state index contributed by atoms with van der Waals surface area (Å²) in [5.41, 5.74) is 0.795. The van der Waals surface area contributed by atoms with E-state index in [2.05, 4.69) is 0 Å². The summed E-state index contributed by atoms with van der Waals surface area (Å²) >= 11 is 0. The van der Waals surface area contributed by atoms with Crippen molar-refractivity contribution in [2.24, 2.45) is 11.8 Å². The molecule has 0 aromatic heterocycles. The molecule has 0 heterocycles. The van der Waals surface area contributed by atoms with Gasteiger partial charge in [0, 0.05) is 0 Å². The van der Waals surface area contributed by atoms with Crippen LogP contribution in [-0.2, 0) is 14.3 Å². The third-order valence-electron chi connectivity index (χ3n) is 3.55. The molecule has 25 heavy (non-hydrogen) atoms. The number of hydrogen-bond donors (Lipinski definition) is 1. The zero-order chi connectivity index (χ0) is 18.8. The number of hydrogen-bond acceptors (Lipinski definition) is 7. The van der Waals surface area contributed by atoms with Gasteiger partial charge in [0.05, 0.1) is 42.9 Å². The highest BCUT2D eigenvalue weighted by molar-refractivity contribution is 5.89. The molecule has 2 atom stereocenters. The molecule has 1 rings (SSSR count). The van der Waals surface area contributed by atoms with Gasteiger partial charge in [0.15, 0.2) is 0 Å². The van der Waals surface area contributed by atoms with Crippen LogP contribution in [-0.4, -0.2) is 30.3 Å². The molecule has 0 aliphatic rings. The van der Waals surface area contributed by atoms with Gasteiger partial charge in [-0.2, -0.15) is 10.5 Å². The van der Waals surface area contributed by atoms with E-state index < -0.39 is 29.9 Å². The van der Waals surface area contributed by atoms with Crippen LogP contribution in [0.4, 0.5) is 0 Å². The van der Waals surface area contributed by atoms with Crippen molar-refractivity contribution >= 4 is 11.9 Å². The zero-order valence-corrected chi connectivity index (χ0v) is 14.1. The first-order chi connectivity index (χ1) is 12.0. The second-order valence-electron chi connectivity index (χ2n) is 5.19. The number of aliphatic hydroxyl groups excluding tert-OH is 1. The monoisotopic (exact) mass is 344 g/mol. The topological polar surface area (TPSA) is 120 Å². The SMILES string of the molecule is CCOC(=O)c1ccc(C(O)CC(C(=O)OCC)C(C#N)C#N)cc1. The lowest BCUT2D eigenvalue weighted by Gasteiger charge is -2.19. The number of carbonyl (C=O) groups excluding carboxylic acids is 2. The van der Waals surface area contributed by atoms with E-state index in [1.54, 1.807) is 26.0 Å². The molecule has 7 heteroatoms. The summed E-state index contributed by atoms with van der Waals surface area (Å²) in [6.45, 7) is 3.69. The van der Waals surface area contributed by atoms with Crippen LogP contribution in [0.5, 0.6) is 0 Å². The van der Waals surface area contributed by atoms with Gasteiger partial charge >= 0.3 is 11.9 Å².